The molecule has 0 bridgehead atoms. The summed E-state index contributed by atoms with van der Waals surface area (Å²) < 4.78 is 18.4. The van der Waals surface area contributed by atoms with Gasteiger partial charge in [-0.1, -0.05) is 22.8 Å². The van der Waals surface area contributed by atoms with Crippen LogP contribution in [-0.4, -0.2) is 11.1 Å². The topological polar surface area (TPSA) is 55.1 Å². The van der Waals surface area contributed by atoms with Gasteiger partial charge in [-0.2, -0.15) is 0 Å². The van der Waals surface area contributed by atoms with Crippen molar-refractivity contribution in [3.05, 3.63) is 58.0 Å². The number of benzene rings is 2. The molecule has 0 aliphatic heterocycles. The van der Waals surface area contributed by atoms with Gasteiger partial charge >= 0.3 is 0 Å². The van der Waals surface area contributed by atoms with E-state index >= 15 is 0 Å². The van der Waals surface area contributed by atoms with Crippen molar-refractivity contribution in [1.82, 2.24) is 5.16 Å². The van der Waals surface area contributed by atoms with Gasteiger partial charge in [-0.15, -0.1) is 0 Å². The second-order valence-corrected chi connectivity index (χ2v) is 5.85. The SMILES string of the molecule is Cc1cc(C)c2onc(CC(=O)Nc3ccc(F)c(Cl)c3)c2c1. The second-order valence-electron chi connectivity index (χ2n) is 5.44. The van der Waals surface area contributed by atoms with E-state index in [9.17, 15) is 9.18 Å². The maximum Gasteiger partial charge on any atom is 0.230 e. The van der Waals surface area contributed by atoms with Gasteiger partial charge in [0.2, 0.25) is 5.91 Å². The van der Waals surface area contributed by atoms with Crippen LogP contribution < -0.4 is 5.32 Å². The molecule has 0 radical (unpaired) electrons. The molecule has 0 saturated heterocycles. The van der Waals surface area contributed by atoms with Crippen LogP contribution in [0, 0.1) is 19.7 Å². The number of aryl methyl sites for hydroxylation is 2. The Balaban J connectivity index is 1.81. The fraction of sp³-hybridized carbons (Fsp3) is 0.176. The van der Waals surface area contributed by atoms with Crippen molar-refractivity contribution in [2.45, 2.75) is 20.3 Å². The first-order valence-electron chi connectivity index (χ1n) is 7.04. The van der Waals surface area contributed by atoms with Crippen LogP contribution in [0.25, 0.3) is 11.0 Å². The van der Waals surface area contributed by atoms with Gasteiger partial charge in [-0.25, -0.2) is 4.39 Å². The number of rotatable bonds is 3. The molecule has 4 nitrogen and oxygen atoms in total. The summed E-state index contributed by atoms with van der Waals surface area (Å²) in [6.07, 6.45) is 0.0604. The molecule has 1 N–H and O–H groups in total. The van der Waals surface area contributed by atoms with E-state index in [1.54, 1.807) is 0 Å². The normalized spacial score (nSPS) is 11.0. The van der Waals surface area contributed by atoms with Gasteiger partial charge in [-0.05, 0) is 49.2 Å². The van der Waals surface area contributed by atoms with E-state index in [0.717, 1.165) is 16.5 Å². The van der Waals surface area contributed by atoms with Gasteiger partial charge in [0.15, 0.2) is 5.58 Å². The first-order valence-corrected chi connectivity index (χ1v) is 7.42. The Kier molecular flexibility index (Phi) is 4.05. The average Bonchev–Trinajstić information content (AvgIpc) is 2.86. The lowest BCUT2D eigenvalue weighted by Gasteiger charge is -2.05. The van der Waals surface area contributed by atoms with E-state index < -0.39 is 5.82 Å². The number of carbonyl (C=O) groups excluding carboxylic acids is 1. The summed E-state index contributed by atoms with van der Waals surface area (Å²) in [5, 5.41) is 7.45. The maximum atomic E-state index is 13.1. The molecule has 2 aromatic carbocycles. The van der Waals surface area contributed by atoms with Gasteiger partial charge in [0.25, 0.3) is 0 Å². The standard InChI is InChI=1S/C17H14ClFN2O2/c1-9-5-10(2)17-12(6-9)15(21-23-17)8-16(22)20-11-3-4-14(19)13(18)7-11/h3-7H,8H2,1-2H3,(H,20,22). The summed E-state index contributed by atoms with van der Waals surface area (Å²) >= 11 is 5.70. The number of nitrogens with zero attached hydrogens (tertiary/aromatic N) is 1. The molecule has 1 amide bonds. The minimum Gasteiger partial charge on any atom is -0.356 e. The molecular weight excluding hydrogens is 319 g/mol. The molecule has 0 unspecified atom stereocenters. The number of halogens is 2. The van der Waals surface area contributed by atoms with E-state index in [4.69, 9.17) is 16.1 Å². The zero-order valence-corrected chi connectivity index (χ0v) is 13.4. The third-order valence-corrected chi connectivity index (χ3v) is 3.80. The van der Waals surface area contributed by atoms with Crippen molar-refractivity contribution in [3.8, 4) is 0 Å². The van der Waals surface area contributed by atoms with Crippen LogP contribution in [0.15, 0.2) is 34.9 Å². The molecule has 6 heteroatoms. The summed E-state index contributed by atoms with van der Waals surface area (Å²) in [7, 11) is 0. The van der Waals surface area contributed by atoms with Crippen LogP contribution in [0.4, 0.5) is 10.1 Å². The van der Waals surface area contributed by atoms with Crippen molar-refractivity contribution in [2.24, 2.45) is 0 Å². The molecule has 0 atom stereocenters. The van der Waals surface area contributed by atoms with Crippen LogP contribution in [-0.2, 0) is 11.2 Å². The molecule has 0 aliphatic carbocycles. The number of aromatic nitrogens is 1. The zero-order chi connectivity index (χ0) is 16.6. The highest BCUT2D eigenvalue weighted by Crippen LogP contribution is 2.24. The Morgan fingerprint density at radius 2 is 2.09 bits per heavy atom. The van der Waals surface area contributed by atoms with Gasteiger partial charge in [0.1, 0.15) is 11.5 Å². The monoisotopic (exact) mass is 332 g/mol. The molecular formula is C17H14ClFN2O2. The molecule has 0 aliphatic rings. The summed E-state index contributed by atoms with van der Waals surface area (Å²) in [5.74, 6) is -0.805. The van der Waals surface area contributed by atoms with Gasteiger partial charge in [0.05, 0.1) is 11.4 Å². The average molecular weight is 333 g/mol. The number of anilines is 1. The number of carbonyl (C=O) groups is 1. The lowest BCUT2D eigenvalue weighted by molar-refractivity contribution is -0.115. The largest absolute Gasteiger partial charge is 0.356 e. The van der Waals surface area contributed by atoms with Crippen LogP contribution in [0.1, 0.15) is 16.8 Å². The third kappa shape index (κ3) is 3.19. The number of nitrogens with one attached hydrogen (secondary N) is 1. The highest BCUT2D eigenvalue weighted by atomic mass is 35.5. The molecule has 0 fully saturated rings. The van der Waals surface area contributed by atoms with Crippen LogP contribution in [0.3, 0.4) is 0 Å². The van der Waals surface area contributed by atoms with Crippen LogP contribution in [0.2, 0.25) is 5.02 Å². The molecule has 0 spiro atoms. The molecule has 1 heterocycles. The second kappa shape index (κ2) is 6.01. The lowest BCUT2D eigenvalue weighted by atomic mass is 10.1. The summed E-state index contributed by atoms with van der Waals surface area (Å²) in [6, 6.07) is 7.96. The highest BCUT2D eigenvalue weighted by Gasteiger charge is 2.15. The zero-order valence-electron chi connectivity index (χ0n) is 12.6. The maximum absolute atomic E-state index is 13.1. The van der Waals surface area contributed by atoms with Crippen molar-refractivity contribution in [3.63, 3.8) is 0 Å². The van der Waals surface area contributed by atoms with E-state index in [1.165, 1.54) is 18.2 Å². The molecule has 3 rings (SSSR count). The van der Waals surface area contributed by atoms with Gasteiger partial charge in [-0.3, -0.25) is 4.79 Å². The van der Waals surface area contributed by atoms with Crippen molar-refractivity contribution in [2.75, 3.05) is 5.32 Å². The minimum absolute atomic E-state index is 0.0408. The molecule has 118 valence electrons. The number of hydrogen-bond donors (Lipinski definition) is 1. The number of fused-ring (bicyclic) bond motifs is 1. The van der Waals surface area contributed by atoms with E-state index in [2.05, 4.69) is 10.5 Å². The smallest absolute Gasteiger partial charge is 0.230 e. The fourth-order valence-corrected chi connectivity index (χ4v) is 2.68. The van der Waals surface area contributed by atoms with Gasteiger partial charge < -0.3 is 9.84 Å². The fourth-order valence-electron chi connectivity index (χ4n) is 2.50. The molecule has 23 heavy (non-hydrogen) atoms. The number of amides is 1. The van der Waals surface area contributed by atoms with Crippen molar-refractivity contribution < 1.29 is 13.7 Å². The molecule has 3 aromatic rings. The first-order chi connectivity index (χ1) is 10.9. The predicted octanol–water partition coefficient (Wildman–Crippen LogP) is 4.42. The van der Waals surface area contributed by atoms with Gasteiger partial charge in [0, 0.05) is 11.1 Å². The Labute approximate surface area is 137 Å². The van der Waals surface area contributed by atoms with E-state index in [1.807, 2.05) is 26.0 Å². The summed E-state index contributed by atoms with van der Waals surface area (Å²) in [6.45, 7) is 3.91. The Morgan fingerprint density at radius 1 is 1.30 bits per heavy atom. The van der Waals surface area contributed by atoms with Crippen LogP contribution >= 0.6 is 11.6 Å². The summed E-state index contributed by atoms with van der Waals surface area (Å²) in [4.78, 5) is 12.2. The number of hydrogen-bond acceptors (Lipinski definition) is 3. The van der Waals surface area contributed by atoms with Crippen LogP contribution in [0.5, 0.6) is 0 Å². The predicted molar refractivity (Wildman–Crippen MR) is 87.2 cm³/mol. The van der Waals surface area contributed by atoms with E-state index in [-0.39, 0.29) is 17.4 Å². The quantitative estimate of drug-likeness (QED) is 0.772. The molecule has 1 aromatic heterocycles. The van der Waals surface area contributed by atoms with Crippen molar-refractivity contribution >= 4 is 34.2 Å². The minimum atomic E-state index is -0.530. The van der Waals surface area contributed by atoms with E-state index in [0.29, 0.717) is 17.0 Å². The Bertz CT molecular complexity index is 905. The third-order valence-electron chi connectivity index (χ3n) is 3.51. The lowest BCUT2D eigenvalue weighted by Crippen LogP contribution is -2.14. The Hall–Kier alpha value is -2.40. The first kappa shape index (κ1) is 15.5. The van der Waals surface area contributed by atoms with Crippen molar-refractivity contribution in [1.29, 1.82) is 0 Å². The summed E-state index contributed by atoms with van der Waals surface area (Å²) in [5.41, 5.74) is 3.73. The highest BCUT2D eigenvalue weighted by molar-refractivity contribution is 6.31. The Morgan fingerprint density at radius 3 is 2.83 bits per heavy atom. The molecule has 0 saturated carbocycles.